The Balaban J connectivity index is 1.66. The number of fused-ring (bicyclic) bond motifs is 1. The molecule has 0 saturated carbocycles. The van der Waals surface area contributed by atoms with Crippen LogP contribution >= 0.6 is 0 Å². The fourth-order valence-electron chi connectivity index (χ4n) is 2.77. The largest absolute Gasteiger partial charge is 0.293 e. The zero-order chi connectivity index (χ0) is 17.9. The van der Waals surface area contributed by atoms with Gasteiger partial charge in [-0.1, -0.05) is 59.8 Å². The molecular formula is C20H17N5O. The van der Waals surface area contributed by atoms with Crippen molar-refractivity contribution in [2.45, 2.75) is 13.5 Å². The van der Waals surface area contributed by atoms with Crippen LogP contribution in [0.4, 0.5) is 0 Å². The first-order chi connectivity index (χ1) is 12.7. The molecule has 0 fully saturated rings. The summed E-state index contributed by atoms with van der Waals surface area (Å²) < 4.78 is 3.12. The Labute approximate surface area is 150 Å². The molecule has 2 aromatic carbocycles. The van der Waals surface area contributed by atoms with Gasteiger partial charge in [-0.25, -0.2) is 4.98 Å². The number of aryl methyl sites for hydroxylation is 1. The van der Waals surface area contributed by atoms with E-state index in [-0.39, 0.29) is 11.1 Å². The lowest BCUT2D eigenvalue weighted by Gasteiger charge is -2.04. The lowest BCUT2D eigenvalue weighted by molar-refractivity contribution is 0.765. The second-order valence-electron chi connectivity index (χ2n) is 6.03. The summed E-state index contributed by atoms with van der Waals surface area (Å²) >= 11 is 0. The summed E-state index contributed by atoms with van der Waals surface area (Å²) in [5.41, 5.74) is 3.55. The molecule has 0 aliphatic heterocycles. The van der Waals surface area contributed by atoms with Gasteiger partial charge >= 0.3 is 0 Å². The minimum atomic E-state index is -0.202. The topological polar surface area (TPSA) is 65.6 Å². The molecule has 4 aromatic rings. The predicted molar refractivity (Wildman–Crippen MR) is 101 cm³/mol. The van der Waals surface area contributed by atoms with Crippen molar-refractivity contribution in [3.8, 4) is 5.69 Å². The monoisotopic (exact) mass is 343 g/mol. The second-order valence-corrected chi connectivity index (χ2v) is 6.03. The summed E-state index contributed by atoms with van der Waals surface area (Å²) in [6.07, 6.45) is 5.44. The number of hydrogen-bond acceptors (Lipinski definition) is 4. The average Bonchev–Trinajstić information content (AvgIpc) is 3.09. The average molecular weight is 343 g/mol. The van der Waals surface area contributed by atoms with E-state index in [4.69, 9.17) is 0 Å². The van der Waals surface area contributed by atoms with E-state index in [0.29, 0.717) is 12.2 Å². The fraction of sp³-hybridized carbons (Fsp3) is 0.100. The lowest BCUT2D eigenvalue weighted by Crippen LogP contribution is -2.20. The maximum atomic E-state index is 12.7. The highest BCUT2D eigenvalue weighted by atomic mass is 16.1. The molecule has 0 saturated heterocycles. The molecule has 0 aliphatic rings. The van der Waals surface area contributed by atoms with Crippen molar-refractivity contribution in [2.75, 3.05) is 0 Å². The van der Waals surface area contributed by atoms with Crippen LogP contribution in [0.25, 0.3) is 22.9 Å². The summed E-state index contributed by atoms with van der Waals surface area (Å²) in [6, 6.07) is 17.8. The third kappa shape index (κ3) is 3.04. The van der Waals surface area contributed by atoms with Crippen molar-refractivity contribution in [3.05, 3.63) is 88.5 Å². The van der Waals surface area contributed by atoms with Crippen molar-refractivity contribution in [1.82, 2.24) is 24.5 Å². The quantitative estimate of drug-likeness (QED) is 0.571. The molecule has 6 heteroatoms. The molecule has 0 bridgehead atoms. The number of nitrogens with zero attached hydrogens (tertiary/aromatic N) is 5. The van der Waals surface area contributed by atoms with Crippen LogP contribution in [0.15, 0.2) is 71.8 Å². The van der Waals surface area contributed by atoms with Crippen LogP contribution in [-0.2, 0) is 6.54 Å². The van der Waals surface area contributed by atoms with E-state index in [1.54, 1.807) is 4.68 Å². The van der Waals surface area contributed by atoms with Crippen LogP contribution in [0.3, 0.4) is 0 Å². The number of benzene rings is 2. The molecule has 6 nitrogen and oxygen atoms in total. The lowest BCUT2D eigenvalue weighted by atomic mass is 10.2. The molecule has 0 atom stereocenters. The third-order valence-electron chi connectivity index (χ3n) is 4.09. The van der Waals surface area contributed by atoms with Crippen molar-refractivity contribution >= 4 is 17.2 Å². The van der Waals surface area contributed by atoms with Gasteiger partial charge in [0.25, 0.3) is 5.56 Å². The predicted octanol–water partition coefficient (Wildman–Crippen LogP) is 3.00. The minimum absolute atomic E-state index is 0.202. The Morgan fingerprint density at radius 3 is 2.73 bits per heavy atom. The summed E-state index contributed by atoms with van der Waals surface area (Å²) in [4.78, 5) is 17.1. The van der Waals surface area contributed by atoms with Crippen LogP contribution < -0.4 is 5.56 Å². The van der Waals surface area contributed by atoms with Crippen LogP contribution in [0, 0.1) is 6.92 Å². The highest BCUT2D eigenvalue weighted by molar-refractivity contribution is 5.70. The summed E-state index contributed by atoms with van der Waals surface area (Å²) in [7, 11) is 0. The van der Waals surface area contributed by atoms with Crippen LogP contribution in [0.2, 0.25) is 0 Å². The first-order valence-electron chi connectivity index (χ1n) is 8.32. The van der Waals surface area contributed by atoms with E-state index < -0.39 is 0 Å². The minimum Gasteiger partial charge on any atom is -0.293 e. The number of hydrogen-bond donors (Lipinski definition) is 0. The van der Waals surface area contributed by atoms with Crippen molar-refractivity contribution in [2.24, 2.45) is 0 Å². The summed E-state index contributed by atoms with van der Waals surface area (Å²) in [6.45, 7) is 2.43. The van der Waals surface area contributed by atoms with E-state index in [1.165, 1.54) is 10.9 Å². The first kappa shape index (κ1) is 16.0. The van der Waals surface area contributed by atoms with Gasteiger partial charge in [0.15, 0.2) is 11.2 Å². The van der Waals surface area contributed by atoms with Crippen LogP contribution in [-0.4, -0.2) is 24.5 Å². The van der Waals surface area contributed by atoms with Gasteiger partial charge in [0, 0.05) is 6.54 Å². The van der Waals surface area contributed by atoms with E-state index >= 15 is 0 Å². The Morgan fingerprint density at radius 2 is 1.92 bits per heavy atom. The number of aromatic nitrogens is 5. The van der Waals surface area contributed by atoms with Gasteiger partial charge in [0.2, 0.25) is 0 Å². The molecule has 128 valence electrons. The number of allylic oxidation sites excluding steroid dienone is 1. The van der Waals surface area contributed by atoms with Crippen LogP contribution in [0.5, 0.6) is 0 Å². The van der Waals surface area contributed by atoms with Crippen molar-refractivity contribution in [3.63, 3.8) is 0 Å². The maximum absolute atomic E-state index is 12.7. The SMILES string of the molecule is Cc1cccc(-n2nnc3c(=O)n(C/C=C/c4ccccc4)cnc32)c1. The normalized spacial score (nSPS) is 11.4. The van der Waals surface area contributed by atoms with Gasteiger partial charge < -0.3 is 0 Å². The highest BCUT2D eigenvalue weighted by Gasteiger charge is 2.12. The van der Waals surface area contributed by atoms with E-state index in [0.717, 1.165) is 16.8 Å². The summed E-state index contributed by atoms with van der Waals surface area (Å²) in [5.74, 6) is 0. The van der Waals surface area contributed by atoms with E-state index in [1.807, 2.05) is 73.7 Å². The molecular weight excluding hydrogens is 326 g/mol. The Morgan fingerprint density at radius 1 is 1.08 bits per heavy atom. The van der Waals surface area contributed by atoms with E-state index in [9.17, 15) is 4.79 Å². The zero-order valence-corrected chi connectivity index (χ0v) is 14.3. The molecule has 2 aromatic heterocycles. The molecule has 0 N–H and O–H groups in total. The molecule has 0 spiro atoms. The molecule has 0 aliphatic carbocycles. The van der Waals surface area contributed by atoms with Gasteiger partial charge in [0.05, 0.1) is 5.69 Å². The fourth-order valence-corrected chi connectivity index (χ4v) is 2.77. The maximum Gasteiger partial charge on any atom is 0.283 e. The molecule has 0 radical (unpaired) electrons. The van der Waals surface area contributed by atoms with Gasteiger partial charge in [-0.05, 0) is 30.2 Å². The third-order valence-corrected chi connectivity index (χ3v) is 4.09. The molecule has 26 heavy (non-hydrogen) atoms. The Bertz CT molecular complexity index is 1140. The van der Waals surface area contributed by atoms with Gasteiger partial charge in [-0.3, -0.25) is 9.36 Å². The Kier molecular flexibility index (Phi) is 4.15. The Hall–Kier alpha value is -3.54. The molecule has 2 heterocycles. The van der Waals surface area contributed by atoms with Gasteiger partial charge in [-0.2, -0.15) is 4.68 Å². The van der Waals surface area contributed by atoms with Gasteiger partial charge in [0.1, 0.15) is 6.33 Å². The second kappa shape index (κ2) is 6.76. The van der Waals surface area contributed by atoms with Crippen molar-refractivity contribution < 1.29 is 0 Å². The first-order valence-corrected chi connectivity index (χ1v) is 8.32. The highest BCUT2D eigenvalue weighted by Crippen LogP contribution is 2.13. The van der Waals surface area contributed by atoms with Crippen molar-refractivity contribution in [1.29, 1.82) is 0 Å². The summed E-state index contributed by atoms with van der Waals surface area (Å²) in [5, 5.41) is 8.15. The molecule has 0 amide bonds. The smallest absolute Gasteiger partial charge is 0.283 e. The standard InChI is InChI=1S/C20H17N5O/c1-15-7-5-11-17(13-15)25-19-18(22-23-25)20(26)24(14-21-19)12-6-10-16-8-3-2-4-9-16/h2-11,13-14H,12H2,1H3/b10-6+. The van der Waals surface area contributed by atoms with Gasteiger partial charge in [-0.15, -0.1) is 5.10 Å². The van der Waals surface area contributed by atoms with Crippen LogP contribution in [0.1, 0.15) is 11.1 Å². The molecule has 0 unspecified atom stereocenters. The van der Waals surface area contributed by atoms with E-state index in [2.05, 4.69) is 15.3 Å². The molecule has 4 rings (SSSR count). The number of rotatable bonds is 4. The zero-order valence-electron chi connectivity index (χ0n) is 14.3.